The molecule has 0 saturated carbocycles. The summed E-state index contributed by atoms with van der Waals surface area (Å²) in [5.74, 6) is -0.400. The zero-order chi connectivity index (χ0) is 13.2. The van der Waals surface area contributed by atoms with Gasteiger partial charge in [0.15, 0.2) is 0 Å². The molecule has 1 aliphatic heterocycles. The minimum absolute atomic E-state index is 0.400. The Morgan fingerprint density at radius 1 is 1.00 bits per heavy atom. The van der Waals surface area contributed by atoms with Gasteiger partial charge < -0.3 is 10.6 Å². The van der Waals surface area contributed by atoms with Crippen LogP contribution in [0.25, 0.3) is 6.08 Å². The van der Waals surface area contributed by atoms with Crippen LogP contribution in [0.3, 0.4) is 0 Å². The zero-order valence-electron chi connectivity index (χ0n) is 10.4. The maximum absolute atomic E-state index is 11.6. The largest absolute Gasteiger partial charge is 0.366 e. The number of fused-ring (bicyclic) bond motifs is 1. The summed E-state index contributed by atoms with van der Waals surface area (Å²) in [6.07, 6.45) is 4.18. The van der Waals surface area contributed by atoms with Gasteiger partial charge in [0.25, 0.3) is 5.91 Å². The number of rotatable bonds is 2. The average Bonchev–Trinajstić information content (AvgIpc) is 2.46. The Labute approximate surface area is 112 Å². The standard InChI is InChI=1S/C16H14N2O/c17-16(19)13-8-2-4-10-15(13)18-11-5-7-12-6-1-3-9-14(12)18/h1-10H,11H2,(H2,17,19). The van der Waals surface area contributed by atoms with Crippen LogP contribution < -0.4 is 10.6 Å². The summed E-state index contributed by atoms with van der Waals surface area (Å²) in [6, 6.07) is 15.6. The highest BCUT2D eigenvalue weighted by atomic mass is 16.1. The van der Waals surface area contributed by atoms with Crippen LogP contribution >= 0.6 is 0 Å². The van der Waals surface area contributed by atoms with Crippen molar-refractivity contribution in [3.63, 3.8) is 0 Å². The first-order valence-electron chi connectivity index (χ1n) is 6.19. The number of benzene rings is 2. The predicted molar refractivity (Wildman–Crippen MR) is 77.4 cm³/mol. The van der Waals surface area contributed by atoms with E-state index in [1.165, 1.54) is 0 Å². The van der Waals surface area contributed by atoms with Crippen molar-refractivity contribution in [3.8, 4) is 0 Å². The van der Waals surface area contributed by atoms with Crippen molar-refractivity contribution < 1.29 is 4.79 Å². The van der Waals surface area contributed by atoms with E-state index in [1.807, 2.05) is 30.3 Å². The van der Waals surface area contributed by atoms with Gasteiger partial charge in [-0.3, -0.25) is 4.79 Å². The van der Waals surface area contributed by atoms with E-state index >= 15 is 0 Å². The van der Waals surface area contributed by atoms with Crippen molar-refractivity contribution in [2.24, 2.45) is 5.73 Å². The molecule has 2 aromatic carbocycles. The normalized spacial score (nSPS) is 13.2. The molecule has 0 fully saturated rings. The number of carbonyl (C=O) groups excluding carboxylic acids is 1. The lowest BCUT2D eigenvalue weighted by Crippen LogP contribution is -2.24. The van der Waals surface area contributed by atoms with E-state index in [0.29, 0.717) is 5.56 Å². The van der Waals surface area contributed by atoms with Gasteiger partial charge >= 0.3 is 0 Å². The van der Waals surface area contributed by atoms with Crippen molar-refractivity contribution in [1.29, 1.82) is 0 Å². The molecule has 1 heterocycles. The van der Waals surface area contributed by atoms with Crippen LogP contribution in [0.4, 0.5) is 11.4 Å². The van der Waals surface area contributed by atoms with Crippen LogP contribution in [0.2, 0.25) is 0 Å². The number of nitrogens with two attached hydrogens (primary N) is 1. The van der Waals surface area contributed by atoms with Crippen molar-refractivity contribution in [2.75, 3.05) is 11.4 Å². The SMILES string of the molecule is NC(=O)c1ccccc1N1CC=Cc2ccccc21. The summed E-state index contributed by atoms with van der Waals surface area (Å²) in [4.78, 5) is 13.7. The first-order chi connectivity index (χ1) is 9.27. The second-order valence-electron chi connectivity index (χ2n) is 4.45. The molecule has 0 spiro atoms. The highest BCUT2D eigenvalue weighted by Crippen LogP contribution is 2.33. The molecule has 0 aliphatic carbocycles. The Morgan fingerprint density at radius 3 is 2.47 bits per heavy atom. The molecule has 0 saturated heterocycles. The molecule has 2 N–H and O–H groups in total. The molecule has 1 amide bonds. The van der Waals surface area contributed by atoms with Crippen molar-refractivity contribution in [3.05, 3.63) is 65.7 Å². The van der Waals surface area contributed by atoms with Gasteiger partial charge in [0.1, 0.15) is 0 Å². The first-order valence-corrected chi connectivity index (χ1v) is 6.19. The van der Waals surface area contributed by atoms with Gasteiger partial charge in [0.05, 0.1) is 11.3 Å². The summed E-state index contributed by atoms with van der Waals surface area (Å²) in [6.45, 7) is 0.737. The van der Waals surface area contributed by atoms with Crippen molar-refractivity contribution >= 4 is 23.4 Å². The number of amides is 1. The fraction of sp³-hybridized carbons (Fsp3) is 0.0625. The van der Waals surface area contributed by atoms with Crippen LogP contribution in [-0.4, -0.2) is 12.5 Å². The van der Waals surface area contributed by atoms with Gasteiger partial charge in [-0.05, 0) is 23.8 Å². The van der Waals surface area contributed by atoms with E-state index < -0.39 is 5.91 Å². The number of nitrogens with zero attached hydrogens (tertiary/aromatic N) is 1. The average molecular weight is 250 g/mol. The second-order valence-corrected chi connectivity index (χ2v) is 4.45. The molecule has 3 nitrogen and oxygen atoms in total. The van der Waals surface area contributed by atoms with E-state index in [0.717, 1.165) is 23.5 Å². The number of primary amides is 1. The fourth-order valence-electron chi connectivity index (χ4n) is 2.40. The molecule has 3 heteroatoms. The third-order valence-corrected chi connectivity index (χ3v) is 3.27. The minimum atomic E-state index is -0.400. The fourth-order valence-corrected chi connectivity index (χ4v) is 2.40. The predicted octanol–water partition coefficient (Wildman–Crippen LogP) is 2.95. The quantitative estimate of drug-likeness (QED) is 0.890. The Balaban J connectivity index is 2.14. The van der Waals surface area contributed by atoms with Gasteiger partial charge in [-0.25, -0.2) is 0 Å². The topological polar surface area (TPSA) is 46.3 Å². The summed E-state index contributed by atoms with van der Waals surface area (Å²) in [5, 5.41) is 0. The lowest BCUT2D eigenvalue weighted by atomic mass is 10.0. The van der Waals surface area contributed by atoms with Gasteiger partial charge in [-0.1, -0.05) is 42.5 Å². The lowest BCUT2D eigenvalue weighted by Gasteiger charge is -2.29. The molecule has 0 bridgehead atoms. The molecule has 0 unspecified atom stereocenters. The summed E-state index contributed by atoms with van der Waals surface area (Å²) < 4.78 is 0. The van der Waals surface area contributed by atoms with Gasteiger partial charge in [0, 0.05) is 12.2 Å². The molecule has 0 aromatic heterocycles. The van der Waals surface area contributed by atoms with Gasteiger partial charge in [-0.15, -0.1) is 0 Å². The Hall–Kier alpha value is -2.55. The van der Waals surface area contributed by atoms with E-state index in [1.54, 1.807) is 6.07 Å². The molecule has 0 radical (unpaired) electrons. The van der Waals surface area contributed by atoms with Gasteiger partial charge in [0.2, 0.25) is 0 Å². The number of anilines is 2. The molecule has 3 rings (SSSR count). The van der Waals surface area contributed by atoms with E-state index in [9.17, 15) is 4.79 Å². The lowest BCUT2D eigenvalue weighted by molar-refractivity contribution is 0.100. The third kappa shape index (κ3) is 1.99. The van der Waals surface area contributed by atoms with E-state index in [4.69, 9.17) is 5.73 Å². The van der Waals surface area contributed by atoms with Gasteiger partial charge in [-0.2, -0.15) is 0 Å². The van der Waals surface area contributed by atoms with Crippen LogP contribution in [0.5, 0.6) is 0 Å². The van der Waals surface area contributed by atoms with Crippen molar-refractivity contribution in [2.45, 2.75) is 0 Å². The van der Waals surface area contributed by atoms with Crippen LogP contribution in [0, 0.1) is 0 Å². The highest BCUT2D eigenvalue weighted by Gasteiger charge is 2.18. The van der Waals surface area contributed by atoms with Crippen LogP contribution in [0.1, 0.15) is 15.9 Å². The number of carbonyl (C=O) groups is 1. The molecule has 1 aliphatic rings. The third-order valence-electron chi connectivity index (χ3n) is 3.27. The zero-order valence-corrected chi connectivity index (χ0v) is 10.4. The smallest absolute Gasteiger partial charge is 0.250 e. The molecule has 2 aromatic rings. The monoisotopic (exact) mass is 250 g/mol. The van der Waals surface area contributed by atoms with Crippen LogP contribution in [0.15, 0.2) is 54.6 Å². The van der Waals surface area contributed by atoms with E-state index in [-0.39, 0.29) is 0 Å². The molecule has 19 heavy (non-hydrogen) atoms. The maximum Gasteiger partial charge on any atom is 0.250 e. The summed E-state index contributed by atoms with van der Waals surface area (Å²) >= 11 is 0. The van der Waals surface area contributed by atoms with Crippen LogP contribution in [-0.2, 0) is 0 Å². The Kier molecular flexibility index (Phi) is 2.80. The number of hydrogen-bond donors (Lipinski definition) is 1. The molecule has 94 valence electrons. The van der Waals surface area contributed by atoms with E-state index in [2.05, 4.69) is 29.2 Å². The highest BCUT2D eigenvalue weighted by molar-refractivity contribution is 6.00. The maximum atomic E-state index is 11.6. The summed E-state index contributed by atoms with van der Waals surface area (Å²) in [5.41, 5.74) is 9.10. The molecular formula is C16H14N2O. The minimum Gasteiger partial charge on any atom is -0.366 e. The Morgan fingerprint density at radius 2 is 1.68 bits per heavy atom. The van der Waals surface area contributed by atoms with Crippen molar-refractivity contribution in [1.82, 2.24) is 0 Å². The first kappa shape index (κ1) is 11.5. The molecule has 0 atom stereocenters. The number of hydrogen-bond acceptors (Lipinski definition) is 2. The number of para-hydroxylation sites is 2. The summed E-state index contributed by atoms with van der Waals surface area (Å²) in [7, 11) is 0. The molecular weight excluding hydrogens is 236 g/mol. The Bertz CT molecular complexity index is 661. The second kappa shape index (κ2) is 4.61.